The molecule has 0 saturated heterocycles. The lowest BCUT2D eigenvalue weighted by Gasteiger charge is -2.34. The lowest BCUT2D eigenvalue weighted by molar-refractivity contribution is -0.153. The van der Waals surface area contributed by atoms with Gasteiger partial charge in [0.25, 0.3) is 0 Å². The predicted molar refractivity (Wildman–Crippen MR) is 130 cm³/mol. The molecule has 1 aliphatic heterocycles. The number of hydrogen-bond acceptors (Lipinski definition) is 4. The highest BCUT2D eigenvalue weighted by Gasteiger charge is 2.35. The molecule has 3 aromatic carbocycles. The van der Waals surface area contributed by atoms with Gasteiger partial charge in [-0.15, -0.1) is 5.53 Å². The Labute approximate surface area is 202 Å². The van der Waals surface area contributed by atoms with E-state index >= 15 is 0 Å². The Balaban J connectivity index is 1.74. The monoisotopic (exact) mass is 477 g/mol. The molecule has 174 valence electrons. The van der Waals surface area contributed by atoms with E-state index in [1.807, 2.05) is 36.4 Å². The number of nitrogens with zero attached hydrogens (tertiary/aromatic N) is 2. The highest BCUT2D eigenvalue weighted by Crippen LogP contribution is 2.40. The standard InChI is InChI=1S/C26H24ClN3O4/c1-16-20-10-3-4-11-21(20)22-12-5-6-13-23(22)30(25(16)32)28-29(17(2)26(33)34)24(31)15-18-8-7-9-19(27)14-18/h3-14,16-17,28H,15H2,1-2H3,(H,33,34)/t16?,17-/m0/s1. The molecule has 7 nitrogen and oxygen atoms in total. The summed E-state index contributed by atoms with van der Waals surface area (Å²) in [4.78, 5) is 38.7. The first kappa shape index (κ1) is 23.5. The van der Waals surface area contributed by atoms with Crippen molar-refractivity contribution in [1.82, 2.24) is 10.5 Å². The maximum absolute atomic E-state index is 13.6. The molecular weight excluding hydrogens is 454 g/mol. The topological polar surface area (TPSA) is 90.0 Å². The van der Waals surface area contributed by atoms with Gasteiger partial charge in [0.2, 0.25) is 11.8 Å². The van der Waals surface area contributed by atoms with Gasteiger partial charge in [0.1, 0.15) is 6.04 Å². The first-order valence-corrected chi connectivity index (χ1v) is 11.2. The molecular formula is C26H24ClN3O4. The van der Waals surface area contributed by atoms with Crippen LogP contribution in [0.1, 0.15) is 30.9 Å². The van der Waals surface area contributed by atoms with Crippen LogP contribution < -0.4 is 10.5 Å². The molecule has 2 atom stereocenters. The summed E-state index contributed by atoms with van der Waals surface area (Å²) in [5, 5.41) is 12.4. The number of fused-ring (bicyclic) bond motifs is 3. The number of anilines is 1. The number of halogens is 1. The van der Waals surface area contributed by atoms with Crippen LogP contribution in [0.15, 0.2) is 72.8 Å². The maximum Gasteiger partial charge on any atom is 0.327 e. The normalized spacial score (nSPS) is 15.7. The van der Waals surface area contributed by atoms with E-state index < -0.39 is 23.8 Å². The number of hydrogen-bond donors (Lipinski definition) is 2. The Morgan fingerprint density at radius 2 is 1.74 bits per heavy atom. The minimum Gasteiger partial charge on any atom is -0.480 e. The molecule has 2 N–H and O–H groups in total. The Hall–Kier alpha value is -3.68. The third kappa shape index (κ3) is 4.53. The average Bonchev–Trinajstić information content (AvgIpc) is 2.91. The molecule has 0 aromatic heterocycles. The minimum atomic E-state index is -1.24. The van der Waals surface area contributed by atoms with E-state index in [9.17, 15) is 19.5 Å². The van der Waals surface area contributed by atoms with Gasteiger partial charge in [0, 0.05) is 10.6 Å². The Bertz CT molecular complexity index is 1260. The number of carboxylic acid groups (broad SMARTS) is 1. The van der Waals surface area contributed by atoms with E-state index in [1.165, 1.54) is 11.9 Å². The lowest BCUT2D eigenvalue weighted by Crippen LogP contribution is -2.60. The zero-order chi connectivity index (χ0) is 24.4. The first-order valence-electron chi connectivity index (χ1n) is 10.9. The van der Waals surface area contributed by atoms with Crippen molar-refractivity contribution in [3.8, 4) is 11.1 Å². The molecule has 0 fully saturated rings. The quantitative estimate of drug-likeness (QED) is 0.513. The van der Waals surface area contributed by atoms with E-state index in [1.54, 1.807) is 43.3 Å². The van der Waals surface area contributed by atoms with Crippen LogP contribution in [0.3, 0.4) is 0 Å². The van der Waals surface area contributed by atoms with E-state index in [0.29, 0.717) is 16.3 Å². The van der Waals surface area contributed by atoms with E-state index in [0.717, 1.165) is 21.7 Å². The van der Waals surface area contributed by atoms with Crippen LogP contribution in [0.5, 0.6) is 0 Å². The first-order chi connectivity index (χ1) is 16.3. The molecule has 1 heterocycles. The number of benzene rings is 3. The van der Waals surface area contributed by atoms with Gasteiger partial charge in [-0.25, -0.2) is 14.8 Å². The highest BCUT2D eigenvalue weighted by atomic mass is 35.5. The summed E-state index contributed by atoms with van der Waals surface area (Å²) in [5.74, 6) is -2.56. The molecule has 1 unspecified atom stereocenters. The number of para-hydroxylation sites is 1. The highest BCUT2D eigenvalue weighted by molar-refractivity contribution is 6.30. The Morgan fingerprint density at radius 1 is 1.06 bits per heavy atom. The molecule has 4 rings (SSSR count). The third-order valence-corrected chi connectivity index (χ3v) is 6.15. The van der Waals surface area contributed by atoms with Gasteiger partial charge in [0.05, 0.1) is 18.0 Å². The van der Waals surface area contributed by atoms with Gasteiger partial charge < -0.3 is 5.11 Å². The molecule has 8 heteroatoms. The zero-order valence-electron chi connectivity index (χ0n) is 18.7. The second-order valence-electron chi connectivity index (χ2n) is 8.18. The largest absolute Gasteiger partial charge is 0.480 e. The van der Waals surface area contributed by atoms with Crippen LogP contribution in [-0.2, 0) is 20.8 Å². The predicted octanol–water partition coefficient (Wildman–Crippen LogP) is 4.42. The van der Waals surface area contributed by atoms with Crippen molar-refractivity contribution in [1.29, 1.82) is 0 Å². The summed E-state index contributed by atoms with van der Waals surface area (Å²) >= 11 is 6.04. The number of amides is 2. The van der Waals surface area contributed by atoms with Gasteiger partial charge in [-0.3, -0.25) is 9.59 Å². The van der Waals surface area contributed by atoms with Crippen LogP contribution in [0.4, 0.5) is 5.69 Å². The second-order valence-corrected chi connectivity index (χ2v) is 8.62. The van der Waals surface area contributed by atoms with E-state index in [-0.39, 0.29) is 12.3 Å². The smallest absolute Gasteiger partial charge is 0.327 e. The molecule has 0 aliphatic carbocycles. The van der Waals surface area contributed by atoms with Gasteiger partial charge in [-0.2, -0.15) is 0 Å². The number of carbonyl (C=O) groups excluding carboxylic acids is 2. The number of carbonyl (C=O) groups is 3. The second kappa shape index (κ2) is 9.67. The van der Waals surface area contributed by atoms with E-state index in [4.69, 9.17) is 11.6 Å². The van der Waals surface area contributed by atoms with Crippen LogP contribution in [0.2, 0.25) is 5.02 Å². The molecule has 34 heavy (non-hydrogen) atoms. The summed E-state index contributed by atoms with van der Waals surface area (Å²) in [6.07, 6.45) is -0.0926. The van der Waals surface area contributed by atoms with Crippen LogP contribution in [-0.4, -0.2) is 33.9 Å². The molecule has 2 amide bonds. The zero-order valence-corrected chi connectivity index (χ0v) is 19.5. The molecule has 0 spiro atoms. The summed E-state index contributed by atoms with van der Waals surface area (Å²) in [7, 11) is 0. The van der Waals surface area contributed by atoms with Crippen molar-refractivity contribution in [2.75, 3.05) is 5.01 Å². The fourth-order valence-electron chi connectivity index (χ4n) is 4.05. The van der Waals surface area contributed by atoms with Crippen LogP contribution in [0, 0.1) is 0 Å². The molecule has 0 bridgehead atoms. The van der Waals surface area contributed by atoms with Crippen molar-refractivity contribution < 1.29 is 19.5 Å². The molecule has 3 aromatic rings. The van der Waals surface area contributed by atoms with Crippen LogP contribution in [0.25, 0.3) is 11.1 Å². The third-order valence-electron chi connectivity index (χ3n) is 5.92. The van der Waals surface area contributed by atoms with Crippen molar-refractivity contribution in [2.24, 2.45) is 0 Å². The van der Waals surface area contributed by atoms with E-state index in [2.05, 4.69) is 5.53 Å². The number of carboxylic acids is 1. The van der Waals surface area contributed by atoms with Crippen molar-refractivity contribution in [3.05, 3.63) is 88.9 Å². The van der Waals surface area contributed by atoms with Crippen molar-refractivity contribution >= 4 is 35.1 Å². The number of hydrazine groups is 2. The SMILES string of the molecule is CC1C(=O)N(NN(C(=O)Cc2cccc(Cl)c2)[C@@H](C)C(=O)O)c2ccccc2-c2ccccc21. The fraction of sp³-hybridized carbons (Fsp3) is 0.192. The maximum atomic E-state index is 13.6. The average molecular weight is 478 g/mol. The lowest BCUT2D eigenvalue weighted by atomic mass is 9.92. The summed E-state index contributed by atoms with van der Waals surface area (Å²) in [6.45, 7) is 3.18. The summed E-state index contributed by atoms with van der Waals surface area (Å²) < 4.78 is 0. The molecule has 0 radical (unpaired) electrons. The number of rotatable bonds is 6. The van der Waals surface area contributed by atoms with Gasteiger partial charge in [0.15, 0.2) is 0 Å². The number of nitrogens with one attached hydrogen (secondary N) is 1. The fourth-order valence-corrected chi connectivity index (χ4v) is 4.26. The number of aliphatic carboxylic acids is 1. The van der Waals surface area contributed by atoms with Gasteiger partial charge >= 0.3 is 5.97 Å². The van der Waals surface area contributed by atoms with Crippen LogP contribution >= 0.6 is 11.6 Å². The van der Waals surface area contributed by atoms with Crippen molar-refractivity contribution in [2.45, 2.75) is 32.2 Å². The summed E-state index contributed by atoms with van der Waals surface area (Å²) in [6, 6.07) is 20.5. The summed E-state index contributed by atoms with van der Waals surface area (Å²) in [5.41, 5.74) is 6.56. The minimum absolute atomic E-state index is 0.0926. The molecule has 1 aliphatic rings. The van der Waals surface area contributed by atoms with Gasteiger partial charge in [-0.05, 0) is 48.7 Å². The Kier molecular flexibility index (Phi) is 6.68. The Morgan fingerprint density at radius 3 is 2.44 bits per heavy atom. The van der Waals surface area contributed by atoms with Crippen molar-refractivity contribution in [3.63, 3.8) is 0 Å². The van der Waals surface area contributed by atoms with Gasteiger partial charge in [-0.1, -0.05) is 66.2 Å². The molecule has 0 saturated carbocycles.